The zero-order chi connectivity index (χ0) is 10.7. The second-order valence-corrected chi connectivity index (χ2v) is 5.10. The third-order valence-corrected chi connectivity index (χ3v) is 4.12. The molecule has 1 fully saturated rings. The number of hydrogen-bond donors (Lipinski definition) is 2. The van der Waals surface area contributed by atoms with Gasteiger partial charge in [-0.1, -0.05) is 30.3 Å². The molecule has 0 bridgehead atoms. The molecule has 2 rings (SSSR count). The third kappa shape index (κ3) is 2.74. The van der Waals surface area contributed by atoms with Crippen LogP contribution in [0.1, 0.15) is 18.1 Å². The van der Waals surface area contributed by atoms with Gasteiger partial charge in [-0.3, -0.25) is 0 Å². The van der Waals surface area contributed by atoms with Crippen LogP contribution in [0.3, 0.4) is 0 Å². The molecule has 2 nitrogen and oxygen atoms in total. The largest absolute Gasteiger partial charge is 0.392 e. The van der Waals surface area contributed by atoms with E-state index in [4.69, 9.17) is 0 Å². The molecule has 82 valence electrons. The van der Waals surface area contributed by atoms with Crippen LogP contribution >= 0.6 is 11.8 Å². The molecule has 0 aromatic heterocycles. The summed E-state index contributed by atoms with van der Waals surface area (Å²) in [6.07, 6.45) is -0.0176. The number of aliphatic hydroxyl groups is 2. The molecule has 3 heteroatoms. The Kier molecular flexibility index (Phi) is 3.67. The third-order valence-electron chi connectivity index (χ3n) is 2.88. The van der Waals surface area contributed by atoms with Gasteiger partial charge in [0.2, 0.25) is 0 Å². The van der Waals surface area contributed by atoms with Crippen molar-refractivity contribution < 1.29 is 10.2 Å². The van der Waals surface area contributed by atoms with Gasteiger partial charge in [-0.2, -0.15) is 11.8 Å². The SMILES string of the molecule is OC(CC1CSCC1O)c1ccccc1. The molecule has 0 aliphatic carbocycles. The Morgan fingerprint density at radius 2 is 2.00 bits per heavy atom. The first-order valence-corrected chi connectivity index (χ1v) is 6.41. The van der Waals surface area contributed by atoms with Gasteiger partial charge in [-0.15, -0.1) is 0 Å². The first-order chi connectivity index (χ1) is 7.27. The quantitative estimate of drug-likeness (QED) is 0.823. The number of thioether (sulfide) groups is 1. The van der Waals surface area contributed by atoms with E-state index in [1.54, 1.807) is 11.8 Å². The molecule has 3 unspecified atom stereocenters. The summed E-state index contributed by atoms with van der Waals surface area (Å²) < 4.78 is 0. The molecule has 1 aromatic carbocycles. The van der Waals surface area contributed by atoms with Crippen molar-refractivity contribution in [3.05, 3.63) is 35.9 Å². The lowest BCUT2D eigenvalue weighted by Crippen LogP contribution is -2.20. The van der Waals surface area contributed by atoms with E-state index < -0.39 is 6.10 Å². The second kappa shape index (κ2) is 5.01. The summed E-state index contributed by atoms with van der Waals surface area (Å²) >= 11 is 1.77. The van der Waals surface area contributed by atoms with Crippen LogP contribution in [0.4, 0.5) is 0 Å². The smallest absolute Gasteiger partial charge is 0.0794 e. The van der Waals surface area contributed by atoms with Crippen LogP contribution in [0, 0.1) is 5.92 Å². The van der Waals surface area contributed by atoms with E-state index in [0.717, 1.165) is 17.1 Å². The normalized spacial score (nSPS) is 27.9. The highest BCUT2D eigenvalue weighted by Crippen LogP contribution is 2.31. The van der Waals surface area contributed by atoms with Crippen molar-refractivity contribution in [2.24, 2.45) is 5.92 Å². The van der Waals surface area contributed by atoms with Crippen molar-refractivity contribution in [3.63, 3.8) is 0 Å². The van der Waals surface area contributed by atoms with Gasteiger partial charge in [-0.05, 0) is 23.7 Å². The predicted octanol–water partition coefficient (Wildman–Crippen LogP) is 1.83. The summed E-state index contributed by atoms with van der Waals surface area (Å²) in [6, 6.07) is 9.66. The zero-order valence-electron chi connectivity index (χ0n) is 8.54. The maximum Gasteiger partial charge on any atom is 0.0794 e. The molecular weight excluding hydrogens is 208 g/mol. The second-order valence-electron chi connectivity index (χ2n) is 4.03. The molecule has 1 aliphatic heterocycles. The average molecular weight is 224 g/mol. The number of aliphatic hydroxyl groups excluding tert-OH is 2. The molecule has 1 heterocycles. The van der Waals surface area contributed by atoms with Crippen molar-refractivity contribution in [3.8, 4) is 0 Å². The van der Waals surface area contributed by atoms with Gasteiger partial charge in [0, 0.05) is 5.75 Å². The Hall–Kier alpha value is -0.510. The van der Waals surface area contributed by atoms with Crippen LogP contribution < -0.4 is 0 Å². The summed E-state index contributed by atoms with van der Waals surface area (Å²) in [5.41, 5.74) is 0.946. The van der Waals surface area contributed by atoms with Crippen molar-refractivity contribution in [2.75, 3.05) is 11.5 Å². The molecule has 2 N–H and O–H groups in total. The molecule has 0 amide bonds. The van der Waals surface area contributed by atoms with Crippen LogP contribution in [0.15, 0.2) is 30.3 Å². The molecule has 1 aromatic rings. The highest BCUT2D eigenvalue weighted by Gasteiger charge is 2.28. The van der Waals surface area contributed by atoms with Crippen LogP contribution in [0.25, 0.3) is 0 Å². The van der Waals surface area contributed by atoms with Gasteiger partial charge >= 0.3 is 0 Å². The molecule has 1 saturated heterocycles. The summed E-state index contributed by atoms with van der Waals surface area (Å²) in [6.45, 7) is 0. The predicted molar refractivity (Wildman–Crippen MR) is 62.8 cm³/mol. The van der Waals surface area contributed by atoms with Crippen LogP contribution in [-0.2, 0) is 0 Å². The summed E-state index contributed by atoms with van der Waals surface area (Å²) in [4.78, 5) is 0. The number of hydrogen-bond acceptors (Lipinski definition) is 3. The highest BCUT2D eigenvalue weighted by atomic mass is 32.2. The van der Waals surface area contributed by atoms with Crippen molar-refractivity contribution >= 4 is 11.8 Å². The average Bonchev–Trinajstić information content (AvgIpc) is 2.66. The fourth-order valence-electron chi connectivity index (χ4n) is 1.91. The number of rotatable bonds is 3. The molecule has 0 spiro atoms. The molecule has 1 aliphatic rings. The first-order valence-electron chi connectivity index (χ1n) is 5.26. The van der Waals surface area contributed by atoms with Gasteiger partial charge in [0.1, 0.15) is 0 Å². The van der Waals surface area contributed by atoms with E-state index in [-0.39, 0.29) is 12.0 Å². The Labute approximate surface area is 94.3 Å². The van der Waals surface area contributed by atoms with Gasteiger partial charge in [0.15, 0.2) is 0 Å². The van der Waals surface area contributed by atoms with Gasteiger partial charge < -0.3 is 10.2 Å². The minimum atomic E-state index is -0.440. The van der Waals surface area contributed by atoms with Gasteiger partial charge in [-0.25, -0.2) is 0 Å². The van der Waals surface area contributed by atoms with E-state index in [1.807, 2.05) is 30.3 Å². The lowest BCUT2D eigenvalue weighted by Gasteiger charge is -2.18. The Bertz CT molecular complexity index is 302. The topological polar surface area (TPSA) is 40.5 Å². The van der Waals surface area contributed by atoms with Crippen molar-refractivity contribution in [1.82, 2.24) is 0 Å². The lowest BCUT2D eigenvalue weighted by molar-refractivity contribution is 0.0898. The monoisotopic (exact) mass is 224 g/mol. The maximum absolute atomic E-state index is 9.98. The minimum absolute atomic E-state index is 0.241. The Balaban J connectivity index is 1.95. The van der Waals surface area contributed by atoms with Gasteiger partial charge in [0.05, 0.1) is 12.2 Å². The minimum Gasteiger partial charge on any atom is -0.392 e. The standard InChI is InChI=1S/C12H16O2S/c13-11(9-4-2-1-3-5-9)6-10-7-15-8-12(10)14/h1-5,10-14H,6-8H2. The molecule has 0 saturated carbocycles. The van der Waals surface area contributed by atoms with Crippen LogP contribution in [0.2, 0.25) is 0 Å². The fourth-order valence-corrected chi connectivity index (χ4v) is 3.22. The molecular formula is C12H16O2S. The summed E-state index contributed by atoms with van der Waals surface area (Å²) in [7, 11) is 0. The summed E-state index contributed by atoms with van der Waals surface area (Å²) in [5.74, 6) is 2.02. The van der Waals surface area contributed by atoms with Crippen molar-refractivity contribution in [1.29, 1.82) is 0 Å². The van der Waals surface area contributed by atoms with Gasteiger partial charge in [0.25, 0.3) is 0 Å². The van der Waals surface area contributed by atoms with E-state index >= 15 is 0 Å². The zero-order valence-corrected chi connectivity index (χ0v) is 9.36. The molecule has 0 radical (unpaired) electrons. The Morgan fingerprint density at radius 3 is 2.60 bits per heavy atom. The van der Waals surface area contributed by atoms with Crippen molar-refractivity contribution in [2.45, 2.75) is 18.6 Å². The first kappa shape index (κ1) is 11.0. The van der Waals surface area contributed by atoms with E-state index in [9.17, 15) is 10.2 Å². The lowest BCUT2D eigenvalue weighted by atomic mass is 9.95. The summed E-state index contributed by atoms with van der Waals surface area (Å²) in [5, 5.41) is 19.6. The van der Waals surface area contributed by atoms with E-state index in [2.05, 4.69) is 0 Å². The van der Waals surface area contributed by atoms with Crippen LogP contribution in [-0.4, -0.2) is 27.8 Å². The van der Waals surface area contributed by atoms with E-state index in [1.165, 1.54) is 0 Å². The maximum atomic E-state index is 9.98. The molecule has 3 atom stereocenters. The Morgan fingerprint density at radius 1 is 1.27 bits per heavy atom. The van der Waals surface area contributed by atoms with E-state index in [0.29, 0.717) is 6.42 Å². The molecule has 15 heavy (non-hydrogen) atoms. The fraction of sp³-hybridized carbons (Fsp3) is 0.500. The highest BCUT2D eigenvalue weighted by molar-refractivity contribution is 7.99. The van der Waals surface area contributed by atoms with Crippen LogP contribution in [0.5, 0.6) is 0 Å². The number of benzene rings is 1.